The summed E-state index contributed by atoms with van der Waals surface area (Å²) >= 11 is 0. The van der Waals surface area contributed by atoms with Gasteiger partial charge in [0.1, 0.15) is 0 Å². The lowest BCUT2D eigenvalue weighted by Gasteiger charge is -2.23. The van der Waals surface area contributed by atoms with E-state index in [-0.39, 0.29) is 5.41 Å². The topological polar surface area (TPSA) is 30.0 Å². The summed E-state index contributed by atoms with van der Waals surface area (Å²) in [6, 6.07) is 23.3. The Balaban J connectivity index is 2.26. The van der Waals surface area contributed by atoms with Gasteiger partial charge in [-0.1, -0.05) is 81.4 Å². The van der Waals surface area contributed by atoms with Crippen LogP contribution in [0.25, 0.3) is 0 Å². The molecule has 3 rings (SSSR count). The molecule has 24 heavy (non-hydrogen) atoms. The summed E-state index contributed by atoms with van der Waals surface area (Å²) in [5.41, 5.74) is 0.862. The van der Waals surface area contributed by atoms with E-state index in [1.54, 1.807) is 6.20 Å². The Bertz CT molecular complexity index is 824. The first-order valence-electron chi connectivity index (χ1n) is 8.11. The zero-order chi connectivity index (χ0) is 17.2. The Morgan fingerprint density at radius 2 is 1.25 bits per heavy atom. The van der Waals surface area contributed by atoms with E-state index in [1.165, 1.54) is 0 Å². The molecule has 2 aromatic carbocycles. The molecule has 0 fully saturated rings. The Morgan fingerprint density at radius 1 is 0.750 bits per heavy atom. The molecule has 1 aromatic heterocycles. The van der Waals surface area contributed by atoms with Crippen LogP contribution in [-0.4, -0.2) is 4.98 Å². The molecule has 0 aliphatic heterocycles. The minimum atomic E-state index is -2.91. The maximum absolute atomic E-state index is 14.3. The van der Waals surface area contributed by atoms with Crippen molar-refractivity contribution in [3.05, 3.63) is 84.7 Å². The molecule has 0 aliphatic rings. The predicted molar refractivity (Wildman–Crippen MR) is 102 cm³/mol. The van der Waals surface area contributed by atoms with Crippen LogP contribution in [0.4, 0.5) is 0 Å². The van der Waals surface area contributed by atoms with Crippen molar-refractivity contribution in [2.45, 2.75) is 26.2 Å². The molecule has 0 spiro atoms. The van der Waals surface area contributed by atoms with Gasteiger partial charge in [0.25, 0.3) is 0 Å². The molecular formula is C21H22NOP. The fraction of sp³-hybridized carbons (Fsp3) is 0.190. The summed E-state index contributed by atoms with van der Waals surface area (Å²) in [6.45, 7) is 6.36. The van der Waals surface area contributed by atoms with E-state index >= 15 is 0 Å². The Kier molecular flexibility index (Phi) is 4.43. The van der Waals surface area contributed by atoms with Crippen LogP contribution in [-0.2, 0) is 9.98 Å². The SMILES string of the molecule is CC(C)(C)c1cc(P(=O)(c2ccccc2)c2ccccc2)ccn1. The van der Waals surface area contributed by atoms with E-state index in [9.17, 15) is 4.57 Å². The van der Waals surface area contributed by atoms with Gasteiger partial charge in [-0.25, -0.2) is 0 Å². The van der Waals surface area contributed by atoms with Crippen molar-refractivity contribution in [1.82, 2.24) is 4.98 Å². The van der Waals surface area contributed by atoms with Crippen molar-refractivity contribution in [3.8, 4) is 0 Å². The molecule has 1 heterocycles. The van der Waals surface area contributed by atoms with Gasteiger partial charge in [-0.2, -0.15) is 0 Å². The largest absolute Gasteiger partial charge is 0.309 e. The lowest BCUT2D eigenvalue weighted by atomic mass is 9.92. The van der Waals surface area contributed by atoms with Gasteiger partial charge in [-0.05, 0) is 12.1 Å². The minimum Gasteiger partial charge on any atom is -0.309 e. The second-order valence-electron chi connectivity index (χ2n) is 6.93. The van der Waals surface area contributed by atoms with Crippen molar-refractivity contribution in [1.29, 1.82) is 0 Å². The molecule has 0 radical (unpaired) electrons. The van der Waals surface area contributed by atoms with Gasteiger partial charge in [0.05, 0.1) is 0 Å². The van der Waals surface area contributed by atoms with Crippen LogP contribution in [0.2, 0.25) is 0 Å². The van der Waals surface area contributed by atoms with Gasteiger partial charge < -0.3 is 4.57 Å². The van der Waals surface area contributed by atoms with Crippen molar-refractivity contribution < 1.29 is 4.57 Å². The highest BCUT2D eigenvalue weighted by Gasteiger charge is 2.30. The molecule has 0 unspecified atom stereocenters. The average Bonchev–Trinajstić information content (AvgIpc) is 2.62. The molecule has 0 amide bonds. The number of pyridine rings is 1. The van der Waals surface area contributed by atoms with Crippen molar-refractivity contribution in [2.24, 2.45) is 0 Å². The molecule has 3 heteroatoms. The fourth-order valence-electron chi connectivity index (χ4n) is 2.75. The number of aromatic nitrogens is 1. The second kappa shape index (κ2) is 6.37. The lowest BCUT2D eigenvalue weighted by molar-refractivity contribution is 0.569. The highest BCUT2D eigenvalue weighted by Crippen LogP contribution is 2.42. The van der Waals surface area contributed by atoms with Gasteiger partial charge in [-0.3, -0.25) is 4.98 Å². The van der Waals surface area contributed by atoms with Crippen LogP contribution in [0.3, 0.4) is 0 Å². The molecule has 0 bridgehead atoms. The zero-order valence-corrected chi connectivity index (χ0v) is 15.2. The number of nitrogens with zero attached hydrogens (tertiary/aromatic N) is 1. The van der Waals surface area contributed by atoms with Gasteiger partial charge in [0.15, 0.2) is 7.14 Å². The third-order valence-corrected chi connectivity index (χ3v) is 7.17. The molecule has 0 N–H and O–H groups in total. The highest BCUT2D eigenvalue weighted by molar-refractivity contribution is 7.85. The molecule has 0 atom stereocenters. The molecule has 122 valence electrons. The number of benzene rings is 2. The quantitative estimate of drug-likeness (QED) is 0.677. The van der Waals surface area contributed by atoms with Crippen LogP contribution < -0.4 is 15.9 Å². The van der Waals surface area contributed by atoms with E-state index in [0.29, 0.717) is 0 Å². The van der Waals surface area contributed by atoms with Crippen LogP contribution >= 0.6 is 7.14 Å². The Morgan fingerprint density at radius 3 is 1.71 bits per heavy atom. The first kappa shape index (κ1) is 16.7. The standard InChI is InChI=1S/C21H22NOP/c1-21(2,3)20-16-19(14-15-22-20)24(23,17-10-6-4-7-11-17)18-12-8-5-9-13-18/h4-16H,1-3H3. The first-order valence-corrected chi connectivity index (χ1v) is 9.81. The third kappa shape index (κ3) is 3.07. The maximum atomic E-state index is 14.3. The molecule has 0 saturated carbocycles. The average molecular weight is 335 g/mol. The van der Waals surface area contributed by atoms with Gasteiger partial charge >= 0.3 is 0 Å². The summed E-state index contributed by atoms with van der Waals surface area (Å²) in [5, 5.41) is 2.53. The van der Waals surface area contributed by atoms with Gasteiger partial charge in [-0.15, -0.1) is 0 Å². The molecule has 2 nitrogen and oxygen atoms in total. The van der Waals surface area contributed by atoms with Crippen LogP contribution in [0.5, 0.6) is 0 Å². The summed E-state index contributed by atoms with van der Waals surface area (Å²) in [5.74, 6) is 0. The van der Waals surface area contributed by atoms with E-state index in [1.807, 2.05) is 72.8 Å². The predicted octanol–water partition coefficient (Wildman–Crippen LogP) is 4.02. The summed E-state index contributed by atoms with van der Waals surface area (Å²) in [4.78, 5) is 4.49. The molecule has 0 aliphatic carbocycles. The van der Waals surface area contributed by atoms with Crippen LogP contribution in [0.1, 0.15) is 26.5 Å². The molecular weight excluding hydrogens is 313 g/mol. The van der Waals surface area contributed by atoms with Crippen LogP contribution in [0, 0.1) is 0 Å². The number of hydrogen-bond acceptors (Lipinski definition) is 2. The smallest absolute Gasteiger partial charge is 0.171 e. The third-order valence-electron chi connectivity index (χ3n) is 4.12. The van der Waals surface area contributed by atoms with Crippen LogP contribution in [0.15, 0.2) is 79.0 Å². The maximum Gasteiger partial charge on any atom is 0.171 e. The summed E-state index contributed by atoms with van der Waals surface area (Å²) < 4.78 is 14.3. The summed E-state index contributed by atoms with van der Waals surface area (Å²) in [7, 11) is -2.91. The number of rotatable bonds is 3. The monoisotopic (exact) mass is 335 g/mol. The lowest BCUT2D eigenvalue weighted by Crippen LogP contribution is -2.26. The fourth-order valence-corrected chi connectivity index (χ4v) is 5.41. The normalized spacial score (nSPS) is 12.1. The van der Waals surface area contributed by atoms with E-state index in [2.05, 4.69) is 25.8 Å². The highest BCUT2D eigenvalue weighted by atomic mass is 31.2. The Hall–Kier alpha value is -2.18. The Labute approximate surface area is 144 Å². The van der Waals surface area contributed by atoms with E-state index < -0.39 is 7.14 Å². The van der Waals surface area contributed by atoms with Crippen molar-refractivity contribution in [3.63, 3.8) is 0 Å². The first-order chi connectivity index (χ1) is 11.4. The number of hydrogen-bond donors (Lipinski definition) is 0. The summed E-state index contributed by atoms with van der Waals surface area (Å²) in [6.07, 6.45) is 1.77. The molecule has 3 aromatic rings. The van der Waals surface area contributed by atoms with Crippen molar-refractivity contribution in [2.75, 3.05) is 0 Å². The van der Waals surface area contributed by atoms with E-state index in [4.69, 9.17) is 0 Å². The van der Waals surface area contributed by atoms with E-state index in [0.717, 1.165) is 21.6 Å². The second-order valence-corrected chi connectivity index (χ2v) is 9.70. The minimum absolute atomic E-state index is 0.0891. The van der Waals surface area contributed by atoms with Gasteiger partial charge in [0, 0.05) is 33.2 Å². The van der Waals surface area contributed by atoms with Gasteiger partial charge in [0.2, 0.25) is 0 Å². The molecule has 0 saturated heterocycles. The zero-order valence-electron chi connectivity index (χ0n) is 14.3. The van der Waals surface area contributed by atoms with Crippen molar-refractivity contribution >= 4 is 23.1 Å².